The van der Waals surface area contributed by atoms with E-state index in [1.807, 2.05) is 7.05 Å². The largest absolute Gasteiger partial charge is 0.444 e. The van der Waals surface area contributed by atoms with Gasteiger partial charge in [-0.15, -0.1) is 0 Å². The first-order valence-electron chi connectivity index (χ1n) is 7.78. The van der Waals surface area contributed by atoms with E-state index >= 15 is 0 Å². The summed E-state index contributed by atoms with van der Waals surface area (Å²) >= 11 is 0. The number of amides is 1. The van der Waals surface area contributed by atoms with Gasteiger partial charge >= 0.3 is 6.09 Å². The molecule has 0 aliphatic carbocycles. The molecule has 0 spiro atoms. The van der Waals surface area contributed by atoms with Gasteiger partial charge in [-0.05, 0) is 25.2 Å². The van der Waals surface area contributed by atoms with Gasteiger partial charge in [0.05, 0.1) is 12.6 Å². The SMILES string of the molecule is C=CCOC(=O)N=C1CCN(C)[C@@H]1CO[Si](C)(C)C(C)(C)C. The number of likely N-dealkylation sites (tertiary alicyclic amines) is 1. The van der Waals surface area contributed by atoms with Crippen molar-refractivity contribution in [2.24, 2.45) is 4.99 Å². The standard InChI is InChI=1S/C16H30N2O3Si/c1-8-11-20-15(19)17-13-9-10-18(5)14(13)12-21-22(6,7)16(2,3)4/h8,14H,1,9-12H2,2-7H3/t14-/m1/s1. The maximum Gasteiger partial charge on any atom is 0.433 e. The minimum absolute atomic E-state index is 0.0606. The highest BCUT2D eigenvalue weighted by Crippen LogP contribution is 2.36. The van der Waals surface area contributed by atoms with Gasteiger partial charge in [-0.1, -0.05) is 33.4 Å². The second-order valence-electron chi connectivity index (χ2n) is 7.29. The molecule has 0 N–H and O–H groups in total. The van der Waals surface area contributed by atoms with Gasteiger partial charge in [-0.3, -0.25) is 4.90 Å². The maximum atomic E-state index is 11.7. The summed E-state index contributed by atoms with van der Waals surface area (Å²) in [6, 6.07) is 0.0606. The maximum absolute atomic E-state index is 11.7. The lowest BCUT2D eigenvalue weighted by molar-refractivity contribution is 0.169. The summed E-state index contributed by atoms with van der Waals surface area (Å²) in [5.74, 6) is 0. The minimum Gasteiger partial charge on any atom is -0.444 e. The summed E-state index contributed by atoms with van der Waals surface area (Å²) in [6.07, 6.45) is 1.78. The van der Waals surface area contributed by atoms with E-state index < -0.39 is 14.4 Å². The van der Waals surface area contributed by atoms with Crippen molar-refractivity contribution in [3.05, 3.63) is 12.7 Å². The van der Waals surface area contributed by atoms with E-state index in [0.717, 1.165) is 18.7 Å². The number of carbonyl (C=O) groups excluding carboxylic acids is 1. The van der Waals surface area contributed by atoms with Crippen LogP contribution in [0.4, 0.5) is 4.79 Å². The number of aliphatic imine (C=N–C) groups is 1. The number of rotatable bonds is 5. The number of carbonyl (C=O) groups is 1. The number of hydrogen-bond acceptors (Lipinski definition) is 4. The van der Waals surface area contributed by atoms with Crippen LogP contribution in [0.2, 0.25) is 18.1 Å². The Morgan fingerprint density at radius 3 is 2.68 bits per heavy atom. The van der Waals surface area contributed by atoms with Crippen LogP contribution in [0.1, 0.15) is 27.2 Å². The zero-order chi connectivity index (χ0) is 17.0. The van der Waals surface area contributed by atoms with Gasteiger partial charge in [0, 0.05) is 18.7 Å². The molecular weight excluding hydrogens is 296 g/mol. The monoisotopic (exact) mass is 326 g/mol. The van der Waals surface area contributed by atoms with E-state index in [-0.39, 0.29) is 17.7 Å². The molecule has 1 heterocycles. The zero-order valence-corrected chi connectivity index (χ0v) is 15.8. The van der Waals surface area contributed by atoms with Crippen LogP contribution in [0.3, 0.4) is 0 Å². The molecule has 1 aliphatic rings. The van der Waals surface area contributed by atoms with Crippen LogP contribution < -0.4 is 0 Å². The van der Waals surface area contributed by atoms with Crippen LogP contribution >= 0.6 is 0 Å². The predicted molar refractivity (Wildman–Crippen MR) is 93.2 cm³/mol. The first kappa shape index (κ1) is 19.1. The summed E-state index contributed by atoms with van der Waals surface area (Å²) in [5.41, 5.74) is 0.857. The molecule has 1 saturated heterocycles. The van der Waals surface area contributed by atoms with Crippen LogP contribution in [-0.4, -0.2) is 57.9 Å². The number of nitrogens with zero attached hydrogens (tertiary/aromatic N) is 2. The molecule has 0 saturated carbocycles. The lowest BCUT2D eigenvalue weighted by Crippen LogP contribution is -2.45. The lowest BCUT2D eigenvalue weighted by atomic mass is 10.2. The zero-order valence-electron chi connectivity index (χ0n) is 14.8. The Balaban J connectivity index is 2.72. The van der Waals surface area contributed by atoms with E-state index in [1.54, 1.807) is 0 Å². The second-order valence-corrected chi connectivity index (χ2v) is 12.1. The molecule has 0 aromatic carbocycles. The molecule has 1 amide bonds. The lowest BCUT2D eigenvalue weighted by Gasteiger charge is -2.37. The van der Waals surface area contributed by atoms with Gasteiger partial charge < -0.3 is 9.16 Å². The number of likely N-dealkylation sites (N-methyl/N-ethyl adjacent to an activating group) is 1. The van der Waals surface area contributed by atoms with Crippen molar-refractivity contribution < 1.29 is 14.0 Å². The van der Waals surface area contributed by atoms with Crippen molar-refractivity contribution in [3.8, 4) is 0 Å². The highest BCUT2D eigenvalue weighted by molar-refractivity contribution is 6.74. The van der Waals surface area contributed by atoms with Crippen molar-refractivity contribution in [2.75, 3.05) is 26.8 Å². The molecule has 1 fully saturated rings. The molecule has 1 aliphatic heterocycles. The average molecular weight is 327 g/mol. The fourth-order valence-electron chi connectivity index (χ4n) is 2.01. The van der Waals surface area contributed by atoms with Crippen molar-refractivity contribution in [1.82, 2.24) is 4.90 Å². The molecule has 0 bridgehead atoms. The van der Waals surface area contributed by atoms with Crippen molar-refractivity contribution in [1.29, 1.82) is 0 Å². The Bertz CT molecular complexity index is 441. The third kappa shape index (κ3) is 5.03. The van der Waals surface area contributed by atoms with Crippen LogP contribution in [-0.2, 0) is 9.16 Å². The third-order valence-electron chi connectivity index (χ3n) is 4.61. The molecule has 0 unspecified atom stereocenters. The summed E-state index contributed by atoms with van der Waals surface area (Å²) in [5, 5.41) is 0.171. The first-order valence-corrected chi connectivity index (χ1v) is 10.7. The molecule has 1 rings (SSSR count). The molecule has 5 nitrogen and oxygen atoms in total. The molecule has 126 valence electrons. The highest BCUT2D eigenvalue weighted by atomic mass is 28.4. The fraction of sp³-hybridized carbons (Fsp3) is 0.750. The molecule has 22 heavy (non-hydrogen) atoms. The van der Waals surface area contributed by atoms with Crippen molar-refractivity contribution >= 4 is 20.1 Å². The first-order chi connectivity index (χ1) is 10.1. The smallest absolute Gasteiger partial charge is 0.433 e. The Morgan fingerprint density at radius 1 is 1.50 bits per heavy atom. The predicted octanol–water partition coefficient (Wildman–Crippen LogP) is 3.48. The van der Waals surface area contributed by atoms with E-state index in [4.69, 9.17) is 9.16 Å². The summed E-state index contributed by atoms with van der Waals surface area (Å²) in [7, 11) is 0.235. The molecular formula is C16H30N2O3Si. The fourth-order valence-corrected chi connectivity index (χ4v) is 3.01. The number of ether oxygens (including phenoxy) is 1. The quantitative estimate of drug-likeness (QED) is 0.573. The van der Waals surface area contributed by atoms with E-state index in [9.17, 15) is 4.79 Å². The Morgan fingerprint density at radius 2 is 2.14 bits per heavy atom. The molecule has 0 aromatic rings. The topological polar surface area (TPSA) is 51.1 Å². The van der Waals surface area contributed by atoms with E-state index in [2.05, 4.69) is 50.3 Å². The van der Waals surface area contributed by atoms with Crippen LogP contribution in [0.25, 0.3) is 0 Å². The molecule has 0 aromatic heterocycles. The number of hydrogen-bond donors (Lipinski definition) is 0. The van der Waals surface area contributed by atoms with Gasteiger partial charge in [0.1, 0.15) is 6.61 Å². The Labute approximate surface area is 135 Å². The normalized spacial score (nSPS) is 22.1. The molecule has 6 heteroatoms. The summed E-state index contributed by atoms with van der Waals surface area (Å²) < 4.78 is 11.2. The van der Waals surface area contributed by atoms with E-state index in [0.29, 0.717) is 6.61 Å². The Kier molecular flexibility index (Phi) is 6.52. The van der Waals surface area contributed by atoms with Crippen molar-refractivity contribution in [3.63, 3.8) is 0 Å². The average Bonchev–Trinajstić information content (AvgIpc) is 2.73. The Hall–Kier alpha value is -0.983. The van der Waals surface area contributed by atoms with Gasteiger partial charge in [0.2, 0.25) is 0 Å². The third-order valence-corrected chi connectivity index (χ3v) is 9.11. The van der Waals surface area contributed by atoms with Crippen LogP contribution in [0.5, 0.6) is 0 Å². The molecule has 1 atom stereocenters. The highest BCUT2D eigenvalue weighted by Gasteiger charge is 2.39. The van der Waals surface area contributed by atoms with Gasteiger partial charge in [0.15, 0.2) is 8.32 Å². The van der Waals surface area contributed by atoms with E-state index in [1.165, 1.54) is 6.08 Å². The summed E-state index contributed by atoms with van der Waals surface area (Å²) in [6.45, 7) is 16.3. The van der Waals surface area contributed by atoms with Crippen molar-refractivity contribution in [2.45, 2.75) is 51.4 Å². The molecule has 0 radical (unpaired) electrons. The van der Waals surface area contributed by atoms with Crippen LogP contribution in [0, 0.1) is 0 Å². The minimum atomic E-state index is -1.80. The van der Waals surface area contributed by atoms with Gasteiger partial charge in [-0.2, -0.15) is 4.99 Å². The van der Waals surface area contributed by atoms with Gasteiger partial charge in [-0.25, -0.2) is 4.79 Å². The second kappa shape index (κ2) is 7.52. The van der Waals surface area contributed by atoms with Gasteiger partial charge in [0.25, 0.3) is 0 Å². The van der Waals surface area contributed by atoms with Crippen LogP contribution in [0.15, 0.2) is 17.6 Å². The summed E-state index contributed by atoms with van der Waals surface area (Å²) in [4.78, 5) is 18.0.